The van der Waals surface area contributed by atoms with Crippen LogP contribution in [0.4, 0.5) is 11.4 Å². The number of hydrogen-bond acceptors (Lipinski definition) is 5. The van der Waals surface area contributed by atoms with Gasteiger partial charge >= 0.3 is 0 Å². The molecule has 2 aromatic rings. The Morgan fingerprint density at radius 2 is 1.86 bits per heavy atom. The molecular weight excluding hydrogens is 392 g/mol. The van der Waals surface area contributed by atoms with E-state index in [9.17, 15) is 18.0 Å². The van der Waals surface area contributed by atoms with Crippen molar-refractivity contribution >= 4 is 33.0 Å². The Kier molecular flexibility index (Phi) is 5.66. The highest BCUT2D eigenvalue weighted by Crippen LogP contribution is 2.34. The summed E-state index contributed by atoms with van der Waals surface area (Å²) in [5.41, 5.74) is 3.71. The molecule has 0 unspecified atom stereocenters. The van der Waals surface area contributed by atoms with Gasteiger partial charge < -0.3 is 15.4 Å². The van der Waals surface area contributed by atoms with Crippen molar-refractivity contribution in [2.45, 2.75) is 44.3 Å². The minimum Gasteiger partial charge on any atom is -0.482 e. The molecule has 2 aromatic carbocycles. The van der Waals surface area contributed by atoms with Gasteiger partial charge in [0.25, 0.3) is 5.91 Å². The van der Waals surface area contributed by atoms with Crippen LogP contribution < -0.4 is 15.4 Å². The first-order valence-electron chi connectivity index (χ1n) is 9.26. The molecule has 0 spiro atoms. The quantitative estimate of drug-likeness (QED) is 0.780. The summed E-state index contributed by atoms with van der Waals surface area (Å²) in [6.45, 7) is 6.92. The molecule has 3 rings (SSSR count). The fourth-order valence-corrected chi connectivity index (χ4v) is 4.72. The Hall–Kier alpha value is -2.87. The van der Waals surface area contributed by atoms with Crippen molar-refractivity contribution in [1.29, 1.82) is 0 Å². The smallest absolute Gasteiger partial charge is 0.262 e. The minimum absolute atomic E-state index is 0.0962. The lowest BCUT2D eigenvalue weighted by atomic mass is 10.1. The first kappa shape index (κ1) is 20.9. The molecular formula is C21H24N2O5S. The van der Waals surface area contributed by atoms with E-state index in [-0.39, 0.29) is 29.7 Å². The number of rotatable bonds is 5. The Labute approximate surface area is 170 Å². The number of carbonyl (C=O) groups excluding carboxylic acids is 2. The minimum atomic E-state index is -3.77. The van der Waals surface area contributed by atoms with Crippen LogP contribution in [0.5, 0.6) is 5.75 Å². The van der Waals surface area contributed by atoms with Crippen molar-refractivity contribution in [1.82, 2.24) is 0 Å². The van der Waals surface area contributed by atoms with E-state index >= 15 is 0 Å². The highest BCUT2D eigenvalue weighted by Gasteiger charge is 2.29. The average Bonchev–Trinajstić information content (AvgIpc) is 2.63. The van der Waals surface area contributed by atoms with E-state index in [1.807, 2.05) is 26.0 Å². The maximum Gasteiger partial charge on any atom is 0.262 e. The van der Waals surface area contributed by atoms with Crippen LogP contribution in [0.25, 0.3) is 0 Å². The lowest BCUT2D eigenvalue weighted by molar-refractivity contribution is -0.118. The van der Waals surface area contributed by atoms with Gasteiger partial charge in [-0.2, -0.15) is 0 Å². The predicted molar refractivity (Wildman–Crippen MR) is 111 cm³/mol. The molecule has 0 aromatic heterocycles. The summed E-state index contributed by atoms with van der Waals surface area (Å²) in [5, 5.41) is 4.49. The number of aryl methyl sites for hydroxylation is 3. The van der Waals surface area contributed by atoms with E-state index in [0.717, 1.165) is 11.1 Å². The molecule has 0 bridgehead atoms. The number of ether oxygens (including phenoxy) is 1. The zero-order valence-electron chi connectivity index (χ0n) is 16.8. The van der Waals surface area contributed by atoms with Gasteiger partial charge in [0.1, 0.15) is 5.75 Å². The zero-order valence-corrected chi connectivity index (χ0v) is 17.6. The number of benzene rings is 2. The van der Waals surface area contributed by atoms with Gasteiger partial charge in [0.05, 0.1) is 15.8 Å². The molecule has 7 nitrogen and oxygen atoms in total. The topological polar surface area (TPSA) is 102 Å². The molecule has 0 saturated carbocycles. The molecule has 0 fully saturated rings. The molecule has 29 heavy (non-hydrogen) atoms. The van der Waals surface area contributed by atoms with Crippen LogP contribution in [-0.4, -0.2) is 32.1 Å². The number of hydrogen-bond donors (Lipinski definition) is 2. The van der Waals surface area contributed by atoms with Gasteiger partial charge in [0.2, 0.25) is 5.91 Å². The number of amides is 2. The molecule has 8 heteroatoms. The fourth-order valence-electron chi connectivity index (χ4n) is 3.14. The van der Waals surface area contributed by atoms with Crippen LogP contribution in [0.2, 0.25) is 0 Å². The van der Waals surface area contributed by atoms with Gasteiger partial charge in [-0.1, -0.05) is 6.07 Å². The summed E-state index contributed by atoms with van der Waals surface area (Å²) in [7, 11) is -3.77. The van der Waals surface area contributed by atoms with Gasteiger partial charge in [-0.05, 0) is 62.6 Å². The Bertz CT molecular complexity index is 1090. The number of anilines is 2. The third-order valence-electron chi connectivity index (χ3n) is 5.01. The van der Waals surface area contributed by atoms with E-state index in [1.54, 1.807) is 19.1 Å². The molecule has 0 aliphatic carbocycles. The van der Waals surface area contributed by atoms with Gasteiger partial charge in [0.15, 0.2) is 16.4 Å². The largest absolute Gasteiger partial charge is 0.482 e. The SMILES string of the molecule is Cc1ccc(NC(=O)C[C@@H](C)S(=O)(=O)c2cc3c(cc2C)NC(=O)CO3)cc1C. The third-order valence-corrected chi connectivity index (χ3v) is 7.29. The number of fused-ring (bicyclic) bond motifs is 1. The molecule has 1 aliphatic rings. The van der Waals surface area contributed by atoms with Crippen molar-refractivity contribution < 1.29 is 22.7 Å². The van der Waals surface area contributed by atoms with Gasteiger partial charge in [-0.15, -0.1) is 0 Å². The lowest BCUT2D eigenvalue weighted by Gasteiger charge is -2.21. The van der Waals surface area contributed by atoms with Crippen LogP contribution in [0.15, 0.2) is 35.2 Å². The third kappa shape index (κ3) is 4.42. The maximum absolute atomic E-state index is 13.1. The van der Waals surface area contributed by atoms with Gasteiger partial charge in [-0.25, -0.2) is 8.42 Å². The van der Waals surface area contributed by atoms with Crippen LogP contribution >= 0.6 is 0 Å². The monoisotopic (exact) mass is 416 g/mol. The summed E-state index contributed by atoms with van der Waals surface area (Å²) in [6, 6.07) is 8.53. The number of sulfone groups is 1. The molecule has 1 aliphatic heterocycles. The summed E-state index contributed by atoms with van der Waals surface area (Å²) >= 11 is 0. The van der Waals surface area contributed by atoms with Gasteiger partial charge in [-0.3, -0.25) is 9.59 Å². The Morgan fingerprint density at radius 1 is 1.14 bits per heavy atom. The van der Waals surface area contributed by atoms with E-state index in [1.165, 1.54) is 13.0 Å². The standard InChI is InChI=1S/C21H24N2O5S/c1-12-5-6-16(7-13(12)2)22-20(24)9-15(4)29(26,27)19-10-18-17(8-14(19)3)23-21(25)11-28-18/h5-8,10,15H,9,11H2,1-4H3,(H,22,24)(H,23,25)/t15-/m1/s1. The van der Waals surface area contributed by atoms with E-state index in [2.05, 4.69) is 10.6 Å². The molecule has 154 valence electrons. The summed E-state index contributed by atoms with van der Waals surface area (Å²) in [5.74, 6) is -0.354. The second-order valence-corrected chi connectivity index (χ2v) is 9.69. The molecule has 0 radical (unpaired) electrons. The molecule has 0 saturated heterocycles. The van der Waals surface area contributed by atoms with Crippen LogP contribution in [-0.2, 0) is 19.4 Å². The lowest BCUT2D eigenvalue weighted by Crippen LogP contribution is -2.27. The van der Waals surface area contributed by atoms with E-state index < -0.39 is 15.1 Å². The number of carbonyl (C=O) groups is 2. The van der Waals surface area contributed by atoms with Crippen LogP contribution in [0, 0.1) is 20.8 Å². The van der Waals surface area contributed by atoms with E-state index in [4.69, 9.17) is 4.74 Å². The highest BCUT2D eigenvalue weighted by molar-refractivity contribution is 7.92. The summed E-state index contributed by atoms with van der Waals surface area (Å²) < 4.78 is 31.5. The van der Waals surface area contributed by atoms with Crippen molar-refractivity contribution in [3.8, 4) is 5.75 Å². The normalized spacial score (nSPS) is 14.4. The van der Waals surface area contributed by atoms with Crippen LogP contribution in [0.3, 0.4) is 0 Å². The van der Waals surface area contributed by atoms with Crippen molar-refractivity contribution in [2.24, 2.45) is 0 Å². The zero-order chi connectivity index (χ0) is 21.3. The highest BCUT2D eigenvalue weighted by atomic mass is 32.2. The first-order valence-corrected chi connectivity index (χ1v) is 10.8. The van der Waals surface area contributed by atoms with Crippen molar-refractivity contribution in [2.75, 3.05) is 17.2 Å². The second kappa shape index (κ2) is 7.87. The second-order valence-electron chi connectivity index (χ2n) is 7.36. The van der Waals surface area contributed by atoms with Crippen molar-refractivity contribution in [3.63, 3.8) is 0 Å². The molecule has 1 atom stereocenters. The van der Waals surface area contributed by atoms with Gasteiger partial charge in [0, 0.05) is 18.2 Å². The number of nitrogens with one attached hydrogen (secondary N) is 2. The summed E-state index contributed by atoms with van der Waals surface area (Å²) in [6.07, 6.45) is -0.177. The fraction of sp³-hybridized carbons (Fsp3) is 0.333. The first-order chi connectivity index (χ1) is 13.6. The van der Waals surface area contributed by atoms with E-state index in [0.29, 0.717) is 22.7 Å². The Morgan fingerprint density at radius 3 is 2.55 bits per heavy atom. The maximum atomic E-state index is 13.1. The van der Waals surface area contributed by atoms with Crippen LogP contribution in [0.1, 0.15) is 30.0 Å². The molecule has 2 N–H and O–H groups in total. The summed E-state index contributed by atoms with van der Waals surface area (Å²) in [4.78, 5) is 23.9. The Balaban J connectivity index is 1.77. The van der Waals surface area contributed by atoms with Crippen molar-refractivity contribution in [3.05, 3.63) is 47.0 Å². The predicted octanol–water partition coefficient (Wildman–Crippen LogP) is 3.13. The average molecular weight is 416 g/mol. The molecule has 1 heterocycles. The molecule has 2 amide bonds.